The first-order chi connectivity index (χ1) is 13.8. The lowest BCUT2D eigenvalue weighted by molar-refractivity contribution is 0.104. The van der Waals surface area contributed by atoms with Gasteiger partial charge in [0.25, 0.3) is 0 Å². The van der Waals surface area contributed by atoms with Gasteiger partial charge in [-0.25, -0.2) is 0 Å². The average molecular weight is 397 g/mol. The van der Waals surface area contributed by atoms with Crippen molar-refractivity contribution < 1.29 is 4.79 Å². The minimum absolute atomic E-state index is 0.121. The van der Waals surface area contributed by atoms with Gasteiger partial charge in [-0.3, -0.25) is 4.79 Å². The summed E-state index contributed by atoms with van der Waals surface area (Å²) in [6, 6.07) is 32.9. The van der Waals surface area contributed by atoms with Crippen molar-refractivity contribution >= 4 is 29.3 Å². The van der Waals surface area contributed by atoms with E-state index >= 15 is 0 Å². The molecule has 0 aromatic heterocycles. The third-order valence-electron chi connectivity index (χ3n) is 4.72. The summed E-state index contributed by atoms with van der Waals surface area (Å²) in [7, 11) is 0. The molecule has 0 amide bonds. The van der Waals surface area contributed by atoms with Crippen molar-refractivity contribution in [1.82, 2.24) is 0 Å². The fourth-order valence-corrected chi connectivity index (χ4v) is 5.17. The van der Waals surface area contributed by atoms with Crippen molar-refractivity contribution in [1.29, 1.82) is 0 Å². The van der Waals surface area contributed by atoms with Crippen LogP contribution < -0.4 is 0 Å². The van der Waals surface area contributed by atoms with E-state index in [0.717, 1.165) is 32.0 Å². The Balaban J connectivity index is 1.45. The van der Waals surface area contributed by atoms with Crippen molar-refractivity contribution in [3.8, 4) is 11.1 Å². The van der Waals surface area contributed by atoms with Crippen LogP contribution in [0.15, 0.2) is 117 Å². The predicted molar refractivity (Wildman–Crippen MR) is 116 cm³/mol. The van der Waals surface area contributed by atoms with E-state index < -0.39 is 0 Å². The fourth-order valence-electron chi connectivity index (χ4n) is 3.41. The van der Waals surface area contributed by atoms with Crippen molar-refractivity contribution in [2.75, 3.05) is 0 Å². The second-order valence-electron chi connectivity index (χ2n) is 6.57. The number of benzene rings is 4. The number of carbonyl (C=O) groups excluding carboxylic acids is 1. The highest BCUT2D eigenvalue weighted by atomic mass is 32.2. The smallest absolute Gasteiger partial charge is 0.194 e. The SMILES string of the molecule is O=C1c2cc(Sc3ccccc3)ccc2-c2ccc(Sc3ccccc3)cc21. The molecule has 0 bridgehead atoms. The number of ketones is 1. The molecule has 0 fully saturated rings. The van der Waals surface area contributed by atoms with Gasteiger partial charge in [0.05, 0.1) is 0 Å². The van der Waals surface area contributed by atoms with Gasteiger partial charge in [-0.1, -0.05) is 72.1 Å². The molecule has 0 unspecified atom stereocenters. The van der Waals surface area contributed by atoms with Gasteiger partial charge in [-0.15, -0.1) is 0 Å². The normalized spacial score (nSPS) is 11.9. The van der Waals surface area contributed by atoms with Crippen LogP contribution in [0, 0.1) is 0 Å². The highest BCUT2D eigenvalue weighted by molar-refractivity contribution is 7.99. The zero-order valence-electron chi connectivity index (χ0n) is 15.0. The van der Waals surface area contributed by atoms with Gasteiger partial charge in [-0.2, -0.15) is 0 Å². The van der Waals surface area contributed by atoms with Crippen molar-refractivity contribution in [3.63, 3.8) is 0 Å². The van der Waals surface area contributed by atoms with Crippen molar-refractivity contribution in [3.05, 3.63) is 108 Å². The maximum absolute atomic E-state index is 13.1. The van der Waals surface area contributed by atoms with E-state index in [1.54, 1.807) is 23.5 Å². The zero-order chi connectivity index (χ0) is 18.9. The van der Waals surface area contributed by atoms with Crippen LogP contribution in [-0.2, 0) is 0 Å². The minimum atomic E-state index is 0.121. The van der Waals surface area contributed by atoms with Gasteiger partial charge >= 0.3 is 0 Å². The summed E-state index contributed by atoms with van der Waals surface area (Å²) in [6.07, 6.45) is 0. The molecule has 0 atom stereocenters. The molecule has 0 heterocycles. The molecule has 0 radical (unpaired) electrons. The van der Waals surface area contributed by atoms with Crippen LogP contribution in [0.25, 0.3) is 11.1 Å². The fraction of sp³-hybridized carbons (Fsp3) is 0. The summed E-state index contributed by atoms with van der Waals surface area (Å²) in [6.45, 7) is 0. The Hall–Kier alpha value is -2.75. The Morgan fingerprint density at radius 3 is 1.29 bits per heavy atom. The Kier molecular flexibility index (Phi) is 4.55. The number of hydrogen-bond acceptors (Lipinski definition) is 3. The lowest BCUT2D eigenvalue weighted by Gasteiger charge is -2.05. The molecule has 1 aliphatic rings. The predicted octanol–water partition coefficient (Wildman–Crippen LogP) is 7.20. The van der Waals surface area contributed by atoms with E-state index in [9.17, 15) is 4.79 Å². The van der Waals surface area contributed by atoms with E-state index in [2.05, 4.69) is 48.5 Å². The highest BCUT2D eigenvalue weighted by Crippen LogP contribution is 2.41. The topological polar surface area (TPSA) is 17.1 Å². The lowest BCUT2D eigenvalue weighted by atomic mass is 10.1. The van der Waals surface area contributed by atoms with E-state index in [1.807, 2.05) is 48.5 Å². The molecule has 0 saturated heterocycles. The lowest BCUT2D eigenvalue weighted by Crippen LogP contribution is -1.95. The molecule has 3 heteroatoms. The Morgan fingerprint density at radius 2 is 0.857 bits per heavy atom. The van der Waals surface area contributed by atoms with Gasteiger partial charge < -0.3 is 0 Å². The van der Waals surface area contributed by atoms with Crippen LogP contribution in [0.4, 0.5) is 0 Å². The van der Waals surface area contributed by atoms with Gasteiger partial charge in [0.15, 0.2) is 5.78 Å². The number of carbonyl (C=O) groups is 1. The second kappa shape index (κ2) is 7.34. The molecule has 0 N–H and O–H groups in total. The largest absolute Gasteiger partial charge is 0.289 e. The van der Waals surface area contributed by atoms with Crippen LogP contribution >= 0.6 is 23.5 Å². The molecule has 134 valence electrons. The summed E-state index contributed by atoms with van der Waals surface area (Å²) in [5, 5.41) is 0. The van der Waals surface area contributed by atoms with Gasteiger partial charge in [0.1, 0.15) is 0 Å². The van der Waals surface area contributed by atoms with E-state index in [0.29, 0.717) is 0 Å². The Bertz CT molecular complexity index is 1070. The first-order valence-corrected chi connectivity index (χ1v) is 10.7. The minimum Gasteiger partial charge on any atom is -0.289 e. The summed E-state index contributed by atoms with van der Waals surface area (Å²) in [5.41, 5.74) is 3.68. The first kappa shape index (κ1) is 17.4. The van der Waals surface area contributed by atoms with Crippen LogP contribution in [0.3, 0.4) is 0 Å². The molecular formula is C25H16OS2. The highest BCUT2D eigenvalue weighted by Gasteiger charge is 2.27. The molecule has 0 spiro atoms. The molecule has 1 nitrogen and oxygen atoms in total. The Labute approximate surface area is 172 Å². The van der Waals surface area contributed by atoms with E-state index in [-0.39, 0.29) is 5.78 Å². The molecule has 28 heavy (non-hydrogen) atoms. The molecule has 0 aliphatic heterocycles. The van der Waals surface area contributed by atoms with Gasteiger partial charge in [0, 0.05) is 30.7 Å². The summed E-state index contributed by atoms with van der Waals surface area (Å²) in [5.74, 6) is 0.121. The average Bonchev–Trinajstić information content (AvgIpc) is 3.01. The van der Waals surface area contributed by atoms with E-state index in [4.69, 9.17) is 0 Å². The summed E-state index contributed by atoms with van der Waals surface area (Å²) < 4.78 is 0. The molecule has 1 aliphatic carbocycles. The monoisotopic (exact) mass is 396 g/mol. The molecule has 5 rings (SSSR count). The number of rotatable bonds is 4. The Morgan fingerprint density at radius 1 is 0.429 bits per heavy atom. The van der Waals surface area contributed by atoms with Crippen molar-refractivity contribution in [2.24, 2.45) is 0 Å². The standard InChI is InChI=1S/C25H16OS2/c26-25-23-15-19(27-17-7-3-1-4-8-17)11-13-21(23)22-14-12-20(16-24(22)25)28-18-9-5-2-6-10-18/h1-16H. The first-order valence-electron chi connectivity index (χ1n) is 9.07. The van der Waals surface area contributed by atoms with Crippen LogP contribution in [0.2, 0.25) is 0 Å². The van der Waals surface area contributed by atoms with Crippen LogP contribution in [0.1, 0.15) is 15.9 Å². The summed E-state index contributed by atoms with van der Waals surface area (Å²) >= 11 is 3.37. The maximum atomic E-state index is 13.1. The zero-order valence-corrected chi connectivity index (χ0v) is 16.6. The van der Waals surface area contributed by atoms with Crippen molar-refractivity contribution in [2.45, 2.75) is 19.6 Å². The molecular weight excluding hydrogens is 380 g/mol. The second-order valence-corrected chi connectivity index (χ2v) is 8.87. The third kappa shape index (κ3) is 3.28. The van der Waals surface area contributed by atoms with Crippen LogP contribution in [0.5, 0.6) is 0 Å². The van der Waals surface area contributed by atoms with Gasteiger partial charge in [0.2, 0.25) is 0 Å². The molecule has 4 aromatic rings. The quantitative estimate of drug-likeness (QED) is 0.320. The summed E-state index contributed by atoms with van der Waals surface area (Å²) in [4.78, 5) is 17.6. The van der Waals surface area contributed by atoms with Crippen LogP contribution in [-0.4, -0.2) is 5.78 Å². The van der Waals surface area contributed by atoms with Gasteiger partial charge in [-0.05, 0) is 59.7 Å². The maximum Gasteiger partial charge on any atom is 0.194 e. The molecule has 0 saturated carbocycles. The third-order valence-corrected chi connectivity index (χ3v) is 6.71. The number of fused-ring (bicyclic) bond motifs is 3. The number of hydrogen-bond donors (Lipinski definition) is 0. The van der Waals surface area contributed by atoms with E-state index in [1.165, 1.54) is 9.79 Å². The molecule has 4 aromatic carbocycles.